The van der Waals surface area contributed by atoms with Crippen LogP contribution in [0.2, 0.25) is 0 Å². The molecule has 0 amide bonds. The maximum absolute atomic E-state index is 4.89. The van der Waals surface area contributed by atoms with Crippen molar-refractivity contribution in [2.24, 2.45) is 0 Å². The summed E-state index contributed by atoms with van der Waals surface area (Å²) in [6, 6.07) is 0. The SMILES string of the molecule is CCCCCCn1nnnc1[S-]. The Hall–Kier alpha value is -0.710. The minimum absolute atomic E-state index is 0.492. The van der Waals surface area contributed by atoms with Gasteiger partial charge in [-0.25, -0.2) is 0 Å². The van der Waals surface area contributed by atoms with Crippen LogP contribution in [-0.2, 0) is 19.2 Å². The van der Waals surface area contributed by atoms with Crippen LogP contribution in [0.3, 0.4) is 0 Å². The molecular weight excluding hydrogens is 172 g/mol. The van der Waals surface area contributed by atoms with Gasteiger partial charge in [-0.2, -0.15) is 0 Å². The smallest absolute Gasteiger partial charge is 0.0427 e. The van der Waals surface area contributed by atoms with E-state index in [4.69, 9.17) is 12.6 Å². The zero-order chi connectivity index (χ0) is 8.81. The van der Waals surface area contributed by atoms with Gasteiger partial charge in [-0.05, 0) is 16.8 Å². The Morgan fingerprint density at radius 3 is 2.75 bits per heavy atom. The highest BCUT2D eigenvalue weighted by Gasteiger charge is 1.93. The van der Waals surface area contributed by atoms with Gasteiger partial charge in [0.1, 0.15) is 0 Å². The third-order valence-electron chi connectivity index (χ3n) is 1.72. The molecule has 1 aromatic heterocycles. The lowest BCUT2D eigenvalue weighted by Gasteiger charge is -2.05. The van der Waals surface area contributed by atoms with Gasteiger partial charge in [0.2, 0.25) is 0 Å². The van der Waals surface area contributed by atoms with Gasteiger partial charge < -0.3 is 12.6 Å². The van der Waals surface area contributed by atoms with Crippen LogP contribution in [0, 0.1) is 0 Å². The van der Waals surface area contributed by atoms with Crippen LogP contribution >= 0.6 is 0 Å². The number of hydrogen-bond donors (Lipinski definition) is 0. The monoisotopic (exact) mass is 185 g/mol. The molecule has 0 saturated carbocycles. The first kappa shape index (κ1) is 9.38. The van der Waals surface area contributed by atoms with Crippen molar-refractivity contribution in [3.63, 3.8) is 0 Å². The van der Waals surface area contributed by atoms with E-state index in [-0.39, 0.29) is 0 Å². The molecule has 1 aromatic rings. The molecular formula is C7H13N4S-. The third-order valence-corrected chi connectivity index (χ3v) is 2.01. The van der Waals surface area contributed by atoms with Crippen molar-refractivity contribution >= 4 is 12.6 Å². The number of rotatable bonds is 5. The summed E-state index contributed by atoms with van der Waals surface area (Å²) in [5, 5.41) is 11.4. The molecule has 0 aliphatic heterocycles. The van der Waals surface area contributed by atoms with E-state index < -0.39 is 0 Å². The molecule has 0 aliphatic carbocycles. The molecule has 0 aliphatic rings. The molecule has 12 heavy (non-hydrogen) atoms. The minimum atomic E-state index is 0.492. The van der Waals surface area contributed by atoms with Crippen molar-refractivity contribution in [1.29, 1.82) is 0 Å². The van der Waals surface area contributed by atoms with Gasteiger partial charge >= 0.3 is 0 Å². The number of nitrogens with zero attached hydrogens (tertiary/aromatic N) is 4. The Kier molecular flexibility index (Phi) is 3.93. The molecule has 0 unspecified atom stereocenters. The summed E-state index contributed by atoms with van der Waals surface area (Å²) in [6.07, 6.45) is 4.86. The fourth-order valence-electron chi connectivity index (χ4n) is 1.03. The topological polar surface area (TPSA) is 43.6 Å². The molecule has 68 valence electrons. The fourth-order valence-corrected chi connectivity index (χ4v) is 1.19. The first-order valence-electron chi connectivity index (χ1n) is 4.27. The van der Waals surface area contributed by atoms with Gasteiger partial charge in [0.05, 0.1) is 0 Å². The van der Waals surface area contributed by atoms with Crippen LogP contribution < -0.4 is 0 Å². The number of aryl methyl sites for hydroxylation is 1. The van der Waals surface area contributed by atoms with E-state index in [1.165, 1.54) is 19.3 Å². The summed E-state index contributed by atoms with van der Waals surface area (Å²) in [6.45, 7) is 3.04. The molecule has 0 bridgehead atoms. The lowest BCUT2D eigenvalue weighted by atomic mass is 10.2. The number of hydrogen-bond acceptors (Lipinski definition) is 4. The molecule has 0 aromatic carbocycles. The van der Waals surface area contributed by atoms with Gasteiger partial charge in [-0.1, -0.05) is 26.2 Å². The molecule has 4 nitrogen and oxygen atoms in total. The first-order valence-corrected chi connectivity index (χ1v) is 4.68. The fraction of sp³-hybridized carbons (Fsp3) is 0.857. The van der Waals surface area contributed by atoms with Crippen LogP contribution in [0.25, 0.3) is 0 Å². The minimum Gasteiger partial charge on any atom is -0.739 e. The summed E-state index contributed by atoms with van der Waals surface area (Å²) >= 11 is 4.89. The van der Waals surface area contributed by atoms with Crippen molar-refractivity contribution in [2.45, 2.75) is 44.3 Å². The average molecular weight is 185 g/mol. The molecule has 0 fully saturated rings. The zero-order valence-corrected chi connectivity index (χ0v) is 8.05. The molecule has 1 heterocycles. The molecule has 0 atom stereocenters. The third kappa shape index (κ3) is 2.73. The standard InChI is InChI=1S/C7H14N4S/c1-2-3-4-5-6-11-7(12)8-9-10-11/h2-6H2,1H3,(H,8,10,12)/p-1. The van der Waals surface area contributed by atoms with Crippen molar-refractivity contribution in [3.8, 4) is 0 Å². The van der Waals surface area contributed by atoms with Crippen LogP contribution in [0.1, 0.15) is 32.6 Å². The second-order valence-electron chi connectivity index (χ2n) is 2.75. The molecule has 0 spiro atoms. The predicted molar refractivity (Wildman–Crippen MR) is 47.6 cm³/mol. The van der Waals surface area contributed by atoms with E-state index >= 15 is 0 Å². The normalized spacial score (nSPS) is 10.4. The van der Waals surface area contributed by atoms with Gasteiger partial charge in [0.25, 0.3) is 0 Å². The van der Waals surface area contributed by atoms with Crippen LogP contribution in [0.4, 0.5) is 0 Å². The predicted octanol–water partition coefficient (Wildman–Crippen LogP) is 1.16. The number of tetrazole rings is 1. The van der Waals surface area contributed by atoms with Crippen LogP contribution in [0.5, 0.6) is 0 Å². The van der Waals surface area contributed by atoms with Gasteiger partial charge in [-0.15, -0.1) is 5.10 Å². The Bertz CT molecular complexity index is 223. The van der Waals surface area contributed by atoms with Crippen molar-refractivity contribution in [2.75, 3.05) is 0 Å². The second kappa shape index (κ2) is 5.03. The van der Waals surface area contributed by atoms with E-state index in [0.717, 1.165) is 13.0 Å². The van der Waals surface area contributed by atoms with Gasteiger partial charge in [-0.3, -0.25) is 4.68 Å². The first-order chi connectivity index (χ1) is 5.84. The molecule has 5 heteroatoms. The van der Waals surface area contributed by atoms with Gasteiger partial charge in [0, 0.05) is 11.7 Å². The summed E-state index contributed by atoms with van der Waals surface area (Å²) < 4.78 is 1.67. The molecule has 0 N–H and O–H groups in total. The number of aromatic nitrogens is 4. The maximum Gasteiger partial charge on any atom is 0.0427 e. The Balaban J connectivity index is 2.20. The van der Waals surface area contributed by atoms with E-state index in [9.17, 15) is 0 Å². The van der Waals surface area contributed by atoms with Crippen molar-refractivity contribution in [3.05, 3.63) is 0 Å². The zero-order valence-electron chi connectivity index (χ0n) is 7.23. The van der Waals surface area contributed by atoms with Crippen LogP contribution in [-0.4, -0.2) is 20.2 Å². The van der Waals surface area contributed by atoms with Crippen molar-refractivity contribution in [1.82, 2.24) is 20.2 Å². The van der Waals surface area contributed by atoms with Crippen LogP contribution in [0.15, 0.2) is 5.16 Å². The maximum atomic E-state index is 4.89. The molecule has 0 saturated heterocycles. The quantitative estimate of drug-likeness (QED) is 0.510. The highest BCUT2D eigenvalue weighted by Crippen LogP contribution is 2.01. The van der Waals surface area contributed by atoms with E-state index in [1.54, 1.807) is 4.68 Å². The molecule has 1 rings (SSSR count). The molecule has 0 radical (unpaired) electrons. The van der Waals surface area contributed by atoms with Crippen molar-refractivity contribution < 1.29 is 0 Å². The Morgan fingerprint density at radius 2 is 2.17 bits per heavy atom. The lowest BCUT2D eigenvalue weighted by molar-refractivity contribution is 0.499. The number of unbranched alkanes of at least 4 members (excludes halogenated alkanes) is 3. The summed E-state index contributed by atoms with van der Waals surface area (Å²) in [5.74, 6) is 0. The van der Waals surface area contributed by atoms with E-state index in [1.807, 2.05) is 0 Å². The average Bonchev–Trinajstić information content (AvgIpc) is 2.46. The summed E-state index contributed by atoms with van der Waals surface area (Å²) in [7, 11) is 0. The van der Waals surface area contributed by atoms with E-state index in [2.05, 4.69) is 22.4 Å². The lowest BCUT2D eigenvalue weighted by Crippen LogP contribution is -2.02. The van der Waals surface area contributed by atoms with Gasteiger partial charge in [0.15, 0.2) is 0 Å². The Morgan fingerprint density at radius 1 is 1.33 bits per heavy atom. The highest BCUT2D eigenvalue weighted by molar-refractivity contribution is 7.58. The van der Waals surface area contributed by atoms with E-state index in [0.29, 0.717) is 5.16 Å². The summed E-state index contributed by atoms with van der Waals surface area (Å²) in [5.41, 5.74) is 0. The summed E-state index contributed by atoms with van der Waals surface area (Å²) in [4.78, 5) is 0. The Labute approximate surface area is 77.8 Å². The largest absolute Gasteiger partial charge is 0.739 e. The highest BCUT2D eigenvalue weighted by atomic mass is 32.1. The second-order valence-corrected chi connectivity index (χ2v) is 3.11.